The quantitative estimate of drug-likeness (QED) is 0.0696. The summed E-state index contributed by atoms with van der Waals surface area (Å²) in [5, 5.41) is 138. The Morgan fingerprint density at radius 3 is 1.69 bits per heavy atom. The van der Waals surface area contributed by atoms with E-state index in [1.54, 1.807) is 0 Å². The summed E-state index contributed by atoms with van der Waals surface area (Å²) in [6, 6.07) is -3.06. The van der Waals surface area contributed by atoms with Crippen molar-refractivity contribution >= 4 is 11.8 Å². The van der Waals surface area contributed by atoms with Gasteiger partial charge >= 0.3 is 0 Å². The zero-order valence-corrected chi connectivity index (χ0v) is 27.6. The number of carbonyl (C=O) groups is 2. The normalized spacial score (nSPS) is 41.3. The first-order valence-corrected chi connectivity index (χ1v) is 16.0. The monoisotopic (exact) mass is 750 g/mol. The lowest BCUT2D eigenvalue weighted by Gasteiger charge is -2.49. The van der Waals surface area contributed by atoms with E-state index < -0.39 is 161 Å². The number of ether oxygens (including phenoxy) is 6. The van der Waals surface area contributed by atoms with E-state index in [0.29, 0.717) is 0 Å². The molecule has 3 saturated heterocycles. The number of amides is 2. The number of aliphatic hydroxyl groups excluding tert-OH is 13. The second kappa shape index (κ2) is 19.5. The van der Waals surface area contributed by atoms with Crippen molar-refractivity contribution in [2.45, 2.75) is 130 Å². The molecular weight excluding hydrogens is 700 g/mol. The molecule has 19 atom stereocenters. The lowest BCUT2D eigenvalue weighted by molar-refractivity contribution is -0.369. The van der Waals surface area contributed by atoms with Gasteiger partial charge in [-0.25, -0.2) is 0 Å². The average Bonchev–Trinajstić information content (AvgIpc) is 3.10. The van der Waals surface area contributed by atoms with Gasteiger partial charge in [0.05, 0.1) is 39.1 Å². The van der Waals surface area contributed by atoms with Crippen LogP contribution in [-0.2, 0) is 38.0 Å². The molecule has 2 amide bonds. The topological polar surface area (TPSA) is 377 Å². The number of hydrogen-bond acceptors (Lipinski definition) is 21. The Kier molecular flexibility index (Phi) is 16.7. The van der Waals surface area contributed by atoms with Crippen LogP contribution in [0.5, 0.6) is 0 Å². The zero-order chi connectivity index (χ0) is 38.3. The summed E-state index contributed by atoms with van der Waals surface area (Å²) >= 11 is 0. The van der Waals surface area contributed by atoms with Crippen molar-refractivity contribution in [3.63, 3.8) is 0 Å². The predicted octanol–water partition coefficient (Wildman–Crippen LogP) is -9.83. The average molecular weight is 751 g/mol. The molecule has 51 heavy (non-hydrogen) atoms. The summed E-state index contributed by atoms with van der Waals surface area (Å²) in [4.78, 5) is 24.0. The molecule has 3 heterocycles. The molecule has 15 N–H and O–H groups in total. The third-order valence-electron chi connectivity index (χ3n) is 8.67. The van der Waals surface area contributed by atoms with Gasteiger partial charge in [-0.3, -0.25) is 9.59 Å². The molecule has 298 valence electrons. The fraction of sp³-hybridized carbons (Fsp3) is 0.929. The van der Waals surface area contributed by atoms with Crippen molar-refractivity contribution in [2.24, 2.45) is 0 Å². The van der Waals surface area contributed by atoms with Gasteiger partial charge in [0.15, 0.2) is 18.9 Å². The van der Waals surface area contributed by atoms with E-state index in [4.69, 9.17) is 28.4 Å². The smallest absolute Gasteiger partial charge is 0.217 e. The van der Waals surface area contributed by atoms with Gasteiger partial charge in [-0.1, -0.05) is 0 Å². The maximum Gasteiger partial charge on any atom is 0.217 e. The van der Waals surface area contributed by atoms with Crippen molar-refractivity contribution in [1.29, 1.82) is 0 Å². The first-order valence-electron chi connectivity index (χ1n) is 16.0. The molecule has 0 bridgehead atoms. The van der Waals surface area contributed by atoms with Crippen molar-refractivity contribution in [2.75, 3.05) is 33.0 Å². The van der Waals surface area contributed by atoms with Gasteiger partial charge < -0.3 is 105 Å². The SMILES string of the molecule is CC(=O)N[C@H]1[C@@H](O[C@@H]2[C@H](O)[C@@H](O)[C@H](O[C@@H]([C@@H](O)[C@H](O)CO)[C@H](CO)NC(C)=O)O[C@@H]2CO)O[C@H](CO)[C@H](O)[C@@H]1O[C@@H]1O[C@H](CO)[C@H](O)[C@H](O)[C@H]1O. The molecule has 3 aliphatic heterocycles. The third kappa shape index (κ3) is 10.2. The summed E-state index contributed by atoms with van der Waals surface area (Å²) < 4.78 is 33.8. The Bertz CT molecular complexity index is 1090. The molecule has 3 rings (SSSR count). The third-order valence-corrected chi connectivity index (χ3v) is 8.67. The second-order valence-corrected chi connectivity index (χ2v) is 12.4. The van der Waals surface area contributed by atoms with Gasteiger partial charge in [-0.2, -0.15) is 0 Å². The maximum absolute atomic E-state index is 12.3. The van der Waals surface area contributed by atoms with Crippen molar-refractivity contribution in [3.8, 4) is 0 Å². The summed E-state index contributed by atoms with van der Waals surface area (Å²) in [5.41, 5.74) is 0. The summed E-state index contributed by atoms with van der Waals surface area (Å²) in [7, 11) is 0. The molecule has 0 spiro atoms. The van der Waals surface area contributed by atoms with E-state index in [1.165, 1.54) is 0 Å². The van der Waals surface area contributed by atoms with Crippen molar-refractivity contribution < 1.29 is 104 Å². The van der Waals surface area contributed by atoms with Crippen LogP contribution < -0.4 is 10.6 Å². The van der Waals surface area contributed by atoms with Gasteiger partial charge in [0, 0.05) is 13.8 Å². The highest BCUT2D eigenvalue weighted by Gasteiger charge is 2.55. The van der Waals surface area contributed by atoms with E-state index in [0.717, 1.165) is 13.8 Å². The van der Waals surface area contributed by atoms with Gasteiger partial charge in [0.25, 0.3) is 0 Å². The van der Waals surface area contributed by atoms with Gasteiger partial charge in [0.2, 0.25) is 11.8 Å². The van der Waals surface area contributed by atoms with Gasteiger partial charge in [-0.15, -0.1) is 0 Å². The number of aliphatic hydroxyl groups is 13. The standard InChI is InChI=1S/C28H50N2O21/c1-8(36)29-10(3-31)23(16(39)11(38)4-32)49-28-22(45)20(43)24(14(7-35)48-28)50-26-15(30-9(2)37)25(18(41)13(6-34)46-26)51-27-21(44)19(42)17(40)12(5-33)47-27/h10-28,31-35,38-45H,3-7H2,1-2H3,(H,29,36)(H,30,37)/t10-,11+,12+,13+,14+,15+,16-,17-,18-,19-,20+,21+,22+,23+,24-,25+,26+,27-,28-/m0/s1. The molecule has 0 unspecified atom stereocenters. The van der Waals surface area contributed by atoms with Crippen LogP contribution in [0, 0.1) is 0 Å². The Labute approximate surface area is 290 Å². The van der Waals surface area contributed by atoms with E-state index in [1.807, 2.05) is 0 Å². The van der Waals surface area contributed by atoms with E-state index >= 15 is 0 Å². The number of carbonyl (C=O) groups excluding carboxylic acids is 2. The Morgan fingerprint density at radius 1 is 0.627 bits per heavy atom. The molecule has 0 aromatic carbocycles. The van der Waals surface area contributed by atoms with E-state index in [-0.39, 0.29) is 0 Å². The maximum atomic E-state index is 12.3. The molecule has 0 radical (unpaired) electrons. The molecule has 0 saturated carbocycles. The lowest BCUT2D eigenvalue weighted by atomic mass is 9.94. The summed E-state index contributed by atoms with van der Waals surface area (Å²) in [5.74, 6) is -1.48. The number of nitrogens with one attached hydrogen (secondary N) is 2. The summed E-state index contributed by atoms with van der Waals surface area (Å²) in [6.45, 7) is -2.46. The minimum absolute atomic E-state index is 0.707. The molecule has 0 aromatic heterocycles. The first kappa shape index (κ1) is 43.6. The van der Waals surface area contributed by atoms with Crippen LogP contribution in [0.15, 0.2) is 0 Å². The molecule has 0 aromatic rings. The van der Waals surface area contributed by atoms with E-state index in [9.17, 15) is 76.0 Å². The Hall–Kier alpha value is -1.82. The first-order chi connectivity index (χ1) is 24.0. The molecular formula is C28H50N2O21. The fourth-order valence-corrected chi connectivity index (χ4v) is 5.94. The lowest BCUT2D eigenvalue weighted by Crippen LogP contribution is -2.70. The predicted molar refractivity (Wildman–Crippen MR) is 159 cm³/mol. The molecule has 23 heteroatoms. The van der Waals surface area contributed by atoms with Crippen LogP contribution in [0.1, 0.15) is 13.8 Å². The largest absolute Gasteiger partial charge is 0.394 e. The van der Waals surface area contributed by atoms with Gasteiger partial charge in [-0.05, 0) is 0 Å². The molecule has 3 fully saturated rings. The minimum Gasteiger partial charge on any atom is -0.394 e. The Balaban J connectivity index is 1.90. The fourth-order valence-electron chi connectivity index (χ4n) is 5.94. The van der Waals surface area contributed by atoms with Gasteiger partial charge in [0.1, 0.15) is 91.5 Å². The van der Waals surface area contributed by atoms with Crippen LogP contribution in [0.3, 0.4) is 0 Å². The number of hydrogen-bond donors (Lipinski definition) is 15. The molecule has 23 nitrogen and oxygen atoms in total. The van der Waals surface area contributed by atoms with Crippen LogP contribution >= 0.6 is 0 Å². The summed E-state index contributed by atoms with van der Waals surface area (Å²) in [6.07, 6.45) is -31.0. The highest BCUT2D eigenvalue weighted by atomic mass is 16.8. The van der Waals surface area contributed by atoms with Crippen LogP contribution in [0.25, 0.3) is 0 Å². The van der Waals surface area contributed by atoms with E-state index in [2.05, 4.69) is 10.6 Å². The zero-order valence-electron chi connectivity index (χ0n) is 27.6. The number of rotatable bonds is 16. The highest BCUT2D eigenvalue weighted by Crippen LogP contribution is 2.33. The van der Waals surface area contributed by atoms with Crippen molar-refractivity contribution in [1.82, 2.24) is 10.6 Å². The highest BCUT2D eigenvalue weighted by molar-refractivity contribution is 5.73. The van der Waals surface area contributed by atoms with Crippen LogP contribution in [0.2, 0.25) is 0 Å². The van der Waals surface area contributed by atoms with Crippen LogP contribution in [0.4, 0.5) is 0 Å². The second-order valence-electron chi connectivity index (χ2n) is 12.4. The Morgan fingerprint density at radius 2 is 1.16 bits per heavy atom. The molecule has 3 aliphatic rings. The molecule has 0 aliphatic carbocycles. The van der Waals surface area contributed by atoms with Crippen LogP contribution in [-0.4, -0.2) is 228 Å². The minimum atomic E-state index is -2.11. The van der Waals surface area contributed by atoms with Crippen molar-refractivity contribution in [3.05, 3.63) is 0 Å².